The maximum atomic E-state index is 11.5. The van der Waals surface area contributed by atoms with E-state index in [0.29, 0.717) is 18.4 Å². The molecule has 2 amide bonds. The Bertz CT molecular complexity index is 835. The lowest BCUT2D eigenvalue weighted by Gasteiger charge is -2.34. The van der Waals surface area contributed by atoms with Crippen LogP contribution in [0.3, 0.4) is 0 Å². The van der Waals surface area contributed by atoms with Crippen LogP contribution in [-0.4, -0.2) is 40.8 Å². The first-order valence-corrected chi connectivity index (χ1v) is 8.76. The van der Waals surface area contributed by atoms with Crippen molar-refractivity contribution < 1.29 is 9.59 Å². The van der Waals surface area contributed by atoms with Gasteiger partial charge in [0.1, 0.15) is 0 Å². The molecular formula is C19H22N4O2. The van der Waals surface area contributed by atoms with Gasteiger partial charge in [0.05, 0.1) is 11.2 Å². The molecular weight excluding hydrogens is 316 g/mol. The summed E-state index contributed by atoms with van der Waals surface area (Å²) >= 11 is 0. The van der Waals surface area contributed by atoms with Crippen LogP contribution >= 0.6 is 0 Å². The molecule has 1 aromatic heterocycles. The van der Waals surface area contributed by atoms with Gasteiger partial charge in [-0.05, 0) is 43.1 Å². The summed E-state index contributed by atoms with van der Waals surface area (Å²) in [7, 11) is 0. The van der Waals surface area contributed by atoms with Crippen molar-refractivity contribution in [1.82, 2.24) is 15.2 Å². The third kappa shape index (κ3) is 3.49. The van der Waals surface area contributed by atoms with Gasteiger partial charge in [0, 0.05) is 43.5 Å². The van der Waals surface area contributed by atoms with Crippen molar-refractivity contribution in [1.29, 1.82) is 0 Å². The van der Waals surface area contributed by atoms with E-state index in [9.17, 15) is 9.59 Å². The number of fused-ring (bicyclic) bond motifs is 2. The predicted molar refractivity (Wildman–Crippen MR) is 96.0 cm³/mol. The van der Waals surface area contributed by atoms with Crippen LogP contribution < -0.4 is 10.6 Å². The molecule has 0 spiro atoms. The first-order valence-electron chi connectivity index (χ1n) is 8.76. The number of likely N-dealkylation sites (tertiary alicyclic amines) is 1. The normalized spacial score (nSPS) is 23.3. The highest BCUT2D eigenvalue weighted by molar-refractivity contribution is 5.92. The van der Waals surface area contributed by atoms with Crippen LogP contribution in [0.25, 0.3) is 10.9 Å². The van der Waals surface area contributed by atoms with Gasteiger partial charge in [-0.25, -0.2) is 0 Å². The van der Waals surface area contributed by atoms with Crippen LogP contribution in [0.5, 0.6) is 0 Å². The molecule has 2 N–H and O–H groups in total. The van der Waals surface area contributed by atoms with E-state index in [2.05, 4.69) is 15.5 Å². The van der Waals surface area contributed by atoms with Gasteiger partial charge in [-0.1, -0.05) is 6.07 Å². The molecule has 2 atom stereocenters. The highest BCUT2D eigenvalue weighted by atomic mass is 16.2. The van der Waals surface area contributed by atoms with Crippen molar-refractivity contribution in [2.24, 2.45) is 5.92 Å². The van der Waals surface area contributed by atoms with Gasteiger partial charge in [-0.2, -0.15) is 0 Å². The van der Waals surface area contributed by atoms with Crippen LogP contribution in [-0.2, 0) is 16.1 Å². The summed E-state index contributed by atoms with van der Waals surface area (Å²) in [5, 5.41) is 6.89. The molecule has 130 valence electrons. The van der Waals surface area contributed by atoms with Gasteiger partial charge >= 0.3 is 0 Å². The molecule has 2 aliphatic heterocycles. The Labute approximate surface area is 146 Å². The molecule has 2 fully saturated rings. The molecule has 0 saturated carbocycles. The molecule has 2 aromatic rings. The maximum Gasteiger partial charge on any atom is 0.221 e. The average molecular weight is 338 g/mol. The molecule has 0 bridgehead atoms. The Balaban J connectivity index is 1.46. The Morgan fingerprint density at radius 2 is 2.24 bits per heavy atom. The zero-order chi connectivity index (χ0) is 17.4. The summed E-state index contributed by atoms with van der Waals surface area (Å²) in [6.07, 6.45) is 1.75. The van der Waals surface area contributed by atoms with Crippen LogP contribution in [0.15, 0.2) is 30.3 Å². The van der Waals surface area contributed by atoms with Gasteiger partial charge in [0.15, 0.2) is 0 Å². The summed E-state index contributed by atoms with van der Waals surface area (Å²) in [5.41, 5.74) is 2.74. The van der Waals surface area contributed by atoms with E-state index >= 15 is 0 Å². The fourth-order valence-electron chi connectivity index (χ4n) is 3.89. The van der Waals surface area contributed by atoms with E-state index in [0.717, 1.165) is 48.3 Å². The molecule has 4 rings (SSSR count). The van der Waals surface area contributed by atoms with Crippen LogP contribution in [0.2, 0.25) is 0 Å². The Kier molecular flexibility index (Phi) is 4.13. The van der Waals surface area contributed by atoms with Crippen LogP contribution in [0.1, 0.15) is 25.5 Å². The Morgan fingerprint density at radius 3 is 3.08 bits per heavy atom. The lowest BCUT2D eigenvalue weighted by Crippen LogP contribution is -2.46. The number of carbonyl (C=O) groups is 2. The van der Waals surface area contributed by atoms with E-state index in [1.165, 1.54) is 6.92 Å². The largest absolute Gasteiger partial charge is 0.352 e. The van der Waals surface area contributed by atoms with E-state index in [-0.39, 0.29) is 11.8 Å². The lowest BCUT2D eigenvalue weighted by molar-refractivity contribution is -0.119. The molecule has 2 saturated heterocycles. The molecule has 3 heterocycles. The summed E-state index contributed by atoms with van der Waals surface area (Å²) < 4.78 is 0. The molecule has 25 heavy (non-hydrogen) atoms. The quantitative estimate of drug-likeness (QED) is 0.896. The zero-order valence-electron chi connectivity index (χ0n) is 14.3. The fourth-order valence-corrected chi connectivity index (χ4v) is 3.89. The fraction of sp³-hybridized carbons (Fsp3) is 0.421. The Hall–Kier alpha value is -2.47. The smallest absolute Gasteiger partial charge is 0.221 e. The summed E-state index contributed by atoms with van der Waals surface area (Å²) in [6, 6.07) is 10.1. The average Bonchev–Trinajstić information content (AvgIpc) is 2.94. The highest BCUT2D eigenvalue weighted by Gasteiger charge is 2.36. The maximum absolute atomic E-state index is 11.5. The van der Waals surface area contributed by atoms with E-state index in [4.69, 9.17) is 4.98 Å². The third-order valence-corrected chi connectivity index (χ3v) is 5.09. The zero-order valence-corrected chi connectivity index (χ0v) is 14.3. The van der Waals surface area contributed by atoms with Crippen molar-refractivity contribution in [2.45, 2.75) is 32.4 Å². The van der Waals surface area contributed by atoms with Gasteiger partial charge in [-0.3, -0.25) is 19.5 Å². The van der Waals surface area contributed by atoms with Gasteiger partial charge in [-0.15, -0.1) is 0 Å². The number of piperidine rings is 1. The number of pyridine rings is 1. The Morgan fingerprint density at radius 1 is 1.36 bits per heavy atom. The van der Waals surface area contributed by atoms with E-state index in [1.807, 2.05) is 30.3 Å². The summed E-state index contributed by atoms with van der Waals surface area (Å²) in [4.78, 5) is 29.8. The number of anilines is 1. The third-order valence-electron chi connectivity index (χ3n) is 5.09. The van der Waals surface area contributed by atoms with Gasteiger partial charge in [0.2, 0.25) is 11.8 Å². The summed E-state index contributed by atoms with van der Waals surface area (Å²) in [6.45, 7) is 4.21. The molecule has 0 radical (unpaired) electrons. The number of benzene rings is 1. The van der Waals surface area contributed by atoms with Gasteiger partial charge in [0.25, 0.3) is 0 Å². The number of rotatable bonds is 3. The minimum absolute atomic E-state index is 0.0775. The second-order valence-electron chi connectivity index (χ2n) is 7.05. The minimum atomic E-state index is -0.0775. The number of aromatic nitrogens is 1. The first-order chi connectivity index (χ1) is 12.1. The predicted octanol–water partition coefficient (Wildman–Crippen LogP) is 1.90. The molecule has 2 aliphatic rings. The van der Waals surface area contributed by atoms with Crippen molar-refractivity contribution in [3.05, 3.63) is 36.0 Å². The van der Waals surface area contributed by atoms with Crippen LogP contribution in [0, 0.1) is 5.92 Å². The van der Waals surface area contributed by atoms with Gasteiger partial charge < -0.3 is 10.6 Å². The lowest BCUT2D eigenvalue weighted by atomic mass is 9.92. The number of hydrogen-bond acceptors (Lipinski definition) is 4. The van der Waals surface area contributed by atoms with E-state index < -0.39 is 0 Å². The number of hydrogen-bond donors (Lipinski definition) is 2. The first kappa shape index (κ1) is 16.0. The standard InChI is InChI=1S/C19H22N4O2/c1-12(24)20-15-4-5-17-13(8-15)2-3-16(21-17)10-23-7-6-14-9-19(25)22-18(14)11-23/h2-5,8,14,18H,6-7,9-11H2,1H3,(H,20,24)(H,22,25)/t14-,18-/m1/s1. The van der Waals surface area contributed by atoms with Crippen LogP contribution in [0.4, 0.5) is 5.69 Å². The van der Waals surface area contributed by atoms with Crippen molar-refractivity contribution in [3.8, 4) is 0 Å². The number of amides is 2. The summed E-state index contributed by atoms with van der Waals surface area (Å²) in [5.74, 6) is 0.613. The molecule has 0 aliphatic carbocycles. The molecule has 6 nitrogen and oxygen atoms in total. The van der Waals surface area contributed by atoms with Crippen molar-refractivity contribution >= 4 is 28.4 Å². The second-order valence-corrected chi connectivity index (χ2v) is 7.05. The molecule has 6 heteroatoms. The molecule has 0 unspecified atom stereocenters. The monoisotopic (exact) mass is 338 g/mol. The molecule has 1 aromatic carbocycles. The van der Waals surface area contributed by atoms with E-state index in [1.54, 1.807) is 0 Å². The number of nitrogens with one attached hydrogen (secondary N) is 2. The minimum Gasteiger partial charge on any atom is -0.352 e. The number of nitrogens with zero attached hydrogens (tertiary/aromatic N) is 2. The van der Waals surface area contributed by atoms with Crippen molar-refractivity contribution in [2.75, 3.05) is 18.4 Å². The SMILES string of the molecule is CC(=O)Nc1ccc2nc(CN3CC[C@@H]4CC(=O)N[C@@H]4C3)ccc2c1. The number of carbonyl (C=O) groups excluding carboxylic acids is 2. The van der Waals surface area contributed by atoms with Crippen molar-refractivity contribution in [3.63, 3.8) is 0 Å². The second kappa shape index (κ2) is 6.44. The topological polar surface area (TPSA) is 74.3 Å². The highest BCUT2D eigenvalue weighted by Crippen LogP contribution is 2.27.